The predicted molar refractivity (Wildman–Crippen MR) is 104 cm³/mol. The van der Waals surface area contributed by atoms with E-state index >= 15 is 0 Å². The first-order valence-corrected chi connectivity index (χ1v) is 8.93. The molecule has 1 amide bonds. The number of carbonyl (C=O) groups is 1. The number of rotatable bonds is 4. The van der Waals surface area contributed by atoms with E-state index in [2.05, 4.69) is 15.3 Å². The molecule has 0 spiro atoms. The minimum atomic E-state index is -0.792. The first-order chi connectivity index (χ1) is 13.2. The number of anilines is 1. The fraction of sp³-hybridized carbons (Fsp3) is 0.0500. The van der Waals surface area contributed by atoms with Gasteiger partial charge in [-0.2, -0.15) is 0 Å². The minimum absolute atomic E-state index is 0.0293. The van der Waals surface area contributed by atoms with E-state index in [9.17, 15) is 9.18 Å². The first kappa shape index (κ1) is 17.1. The van der Waals surface area contributed by atoms with Crippen molar-refractivity contribution < 1.29 is 13.9 Å². The molecule has 4 aromatic rings. The van der Waals surface area contributed by atoms with Crippen LogP contribution in [0.2, 0.25) is 0 Å². The molecular weight excluding hydrogens is 365 g/mol. The molecule has 0 atom stereocenters. The average Bonchev–Trinajstić information content (AvgIpc) is 3.12. The first-order valence-electron chi connectivity index (χ1n) is 8.11. The quantitative estimate of drug-likeness (QED) is 0.555. The second-order valence-corrected chi connectivity index (χ2v) is 6.73. The van der Waals surface area contributed by atoms with Gasteiger partial charge in [-0.15, -0.1) is 11.3 Å². The summed E-state index contributed by atoms with van der Waals surface area (Å²) in [7, 11) is 1.33. The maximum absolute atomic E-state index is 14.2. The van der Waals surface area contributed by atoms with Crippen LogP contribution in [0.25, 0.3) is 20.8 Å². The van der Waals surface area contributed by atoms with Gasteiger partial charge in [-0.25, -0.2) is 14.4 Å². The maximum Gasteiger partial charge on any atom is 0.277 e. The van der Waals surface area contributed by atoms with Crippen molar-refractivity contribution in [3.8, 4) is 16.3 Å². The van der Waals surface area contributed by atoms with Crippen molar-refractivity contribution in [1.82, 2.24) is 9.97 Å². The Morgan fingerprint density at radius 1 is 1.15 bits per heavy atom. The van der Waals surface area contributed by atoms with Crippen LogP contribution in [0.1, 0.15) is 10.5 Å². The number of benzene rings is 2. The third kappa shape index (κ3) is 3.37. The molecule has 0 aliphatic rings. The summed E-state index contributed by atoms with van der Waals surface area (Å²) in [6.45, 7) is 0. The van der Waals surface area contributed by atoms with Gasteiger partial charge >= 0.3 is 0 Å². The third-order valence-corrected chi connectivity index (χ3v) is 5.04. The second-order valence-electron chi connectivity index (χ2n) is 5.70. The number of ether oxygens (including phenoxy) is 1. The fourth-order valence-electron chi connectivity index (χ4n) is 2.66. The number of fused-ring (bicyclic) bond motifs is 1. The highest BCUT2D eigenvalue weighted by Gasteiger charge is 2.18. The van der Waals surface area contributed by atoms with Crippen LogP contribution in [0.3, 0.4) is 0 Å². The van der Waals surface area contributed by atoms with E-state index in [1.54, 1.807) is 23.5 Å². The zero-order valence-corrected chi connectivity index (χ0v) is 15.1. The van der Waals surface area contributed by atoms with Crippen molar-refractivity contribution in [2.24, 2.45) is 0 Å². The van der Waals surface area contributed by atoms with E-state index in [1.165, 1.54) is 19.4 Å². The van der Waals surface area contributed by atoms with Crippen LogP contribution in [-0.2, 0) is 0 Å². The van der Waals surface area contributed by atoms with Crippen LogP contribution in [-0.4, -0.2) is 23.0 Å². The Labute approximate surface area is 158 Å². The second kappa shape index (κ2) is 7.13. The van der Waals surface area contributed by atoms with Crippen LogP contribution in [0.5, 0.6) is 5.75 Å². The van der Waals surface area contributed by atoms with E-state index in [1.807, 2.05) is 36.4 Å². The molecule has 5 nitrogen and oxygen atoms in total. The molecule has 0 fully saturated rings. The van der Waals surface area contributed by atoms with Crippen molar-refractivity contribution in [2.75, 3.05) is 12.4 Å². The van der Waals surface area contributed by atoms with Crippen molar-refractivity contribution in [1.29, 1.82) is 0 Å². The molecular formula is C20H14FN3O2S. The number of hydrogen-bond acceptors (Lipinski definition) is 5. The normalized spacial score (nSPS) is 10.7. The molecule has 0 aliphatic carbocycles. The van der Waals surface area contributed by atoms with Crippen molar-refractivity contribution in [2.45, 2.75) is 0 Å². The summed E-state index contributed by atoms with van der Waals surface area (Å²) in [6.07, 6.45) is 1.33. The van der Waals surface area contributed by atoms with E-state index in [0.29, 0.717) is 5.69 Å². The third-order valence-electron chi connectivity index (χ3n) is 3.95. The Balaban J connectivity index is 1.62. The van der Waals surface area contributed by atoms with Crippen molar-refractivity contribution in [3.63, 3.8) is 0 Å². The van der Waals surface area contributed by atoms with Gasteiger partial charge in [0.25, 0.3) is 5.91 Å². The topological polar surface area (TPSA) is 64.1 Å². The van der Waals surface area contributed by atoms with Gasteiger partial charge in [-0.1, -0.05) is 24.3 Å². The monoisotopic (exact) mass is 379 g/mol. The van der Waals surface area contributed by atoms with Gasteiger partial charge in [-0.3, -0.25) is 4.79 Å². The number of pyridine rings is 1. The van der Waals surface area contributed by atoms with Gasteiger partial charge in [0.05, 0.1) is 17.3 Å². The number of nitrogens with zero attached hydrogens (tertiary/aromatic N) is 2. The van der Waals surface area contributed by atoms with Gasteiger partial charge in [0.2, 0.25) is 0 Å². The molecule has 0 aliphatic heterocycles. The smallest absolute Gasteiger partial charge is 0.277 e. The van der Waals surface area contributed by atoms with E-state index in [-0.39, 0.29) is 11.4 Å². The lowest BCUT2D eigenvalue weighted by molar-refractivity contribution is 0.101. The highest BCUT2D eigenvalue weighted by atomic mass is 32.1. The van der Waals surface area contributed by atoms with Gasteiger partial charge in [-0.05, 0) is 24.3 Å². The van der Waals surface area contributed by atoms with Crippen LogP contribution in [0.15, 0.2) is 60.8 Å². The lowest BCUT2D eigenvalue weighted by atomic mass is 10.2. The van der Waals surface area contributed by atoms with E-state index in [4.69, 9.17) is 4.74 Å². The van der Waals surface area contributed by atoms with Crippen molar-refractivity contribution >= 4 is 33.1 Å². The molecule has 0 radical (unpaired) electrons. The number of amides is 1. The van der Waals surface area contributed by atoms with Crippen LogP contribution >= 0.6 is 11.3 Å². The molecule has 7 heteroatoms. The Morgan fingerprint density at radius 2 is 2.00 bits per heavy atom. The maximum atomic E-state index is 14.2. The Bertz CT molecular complexity index is 1110. The number of hydrogen-bond donors (Lipinski definition) is 1. The van der Waals surface area contributed by atoms with Crippen LogP contribution in [0.4, 0.5) is 10.1 Å². The van der Waals surface area contributed by atoms with E-state index in [0.717, 1.165) is 20.8 Å². The fourth-order valence-corrected chi connectivity index (χ4v) is 3.62. The molecule has 0 saturated carbocycles. The van der Waals surface area contributed by atoms with Crippen LogP contribution in [0, 0.1) is 5.82 Å². The molecule has 2 heterocycles. The average molecular weight is 379 g/mol. The molecule has 1 N–H and O–H groups in total. The number of carbonyl (C=O) groups excluding carboxylic acids is 1. The molecule has 4 rings (SSSR count). The molecule has 0 unspecified atom stereocenters. The van der Waals surface area contributed by atoms with Crippen LogP contribution < -0.4 is 10.1 Å². The van der Waals surface area contributed by atoms with Gasteiger partial charge in [0.1, 0.15) is 5.01 Å². The summed E-state index contributed by atoms with van der Waals surface area (Å²) in [4.78, 5) is 20.8. The lowest BCUT2D eigenvalue weighted by Crippen LogP contribution is -2.16. The van der Waals surface area contributed by atoms with Gasteiger partial charge in [0, 0.05) is 23.5 Å². The number of methoxy groups -OCH3 is 1. The standard InChI is InChI=1S/C20H14FN3O2S/c1-26-15-9-10-22-18(17(15)21)19(25)23-13-6-4-5-12(11-13)20-24-14-7-2-3-8-16(14)27-20/h2-11H,1H3,(H,23,25). The summed E-state index contributed by atoms with van der Waals surface area (Å²) in [5.41, 5.74) is 2.00. The molecule has 2 aromatic carbocycles. The van der Waals surface area contributed by atoms with Gasteiger partial charge in [0.15, 0.2) is 17.3 Å². The summed E-state index contributed by atoms with van der Waals surface area (Å²) < 4.78 is 20.2. The molecule has 0 bridgehead atoms. The number of thiazole rings is 1. The summed E-state index contributed by atoms with van der Waals surface area (Å²) in [5.74, 6) is -1.47. The zero-order valence-electron chi connectivity index (χ0n) is 14.3. The number of aromatic nitrogens is 2. The number of para-hydroxylation sites is 1. The Hall–Kier alpha value is -3.32. The minimum Gasteiger partial charge on any atom is -0.494 e. The highest BCUT2D eigenvalue weighted by Crippen LogP contribution is 2.31. The molecule has 0 saturated heterocycles. The highest BCUT2D eigenvalue weighted by molar-refractivity contribution is 7.21. The SMILES string of the molecule is COc1ccnc(C(=O)Nc2cccc(-c3nc4ccccc4s3)c2)c1F. The molecule has 2 aromatic heterocycles. The molecule has 134 valence electrons. The van der Waals surface area contributed by atoms with E-state index < -0.39 is 11.7 Å². The summed E-state index contributed by atoms with van der Waals surface area (Å²) in [5, 5.41) is 3.52. The van der Waals surface area contributed by atoms with Gasteiger partial charge < -0.3 is 10.1 Å². The predicted octanol–water partition coefficient (Wildman–Crippen LogP) is 4.76. The Morgan fingerprint density at radius 3 is 2.81 bits per heavy atom. The number of nitrogens with one attached hydrogen (secondary N) is 1. The Kier molecular flexibility index (Phi) is 4.52. The lowest BCUT2D eigenvalue weighted by Gasteiger charge is -2.08. The zero-order chi connectivity index (χ0) is 18.8. The summed E-state index contributed by atoms with van der Waals surface area (Å²) >= 11 is 1.57. The molecule has 27 heavy (non-hydrogen) atoms. The largest absolute Gasteiger partial charge is 0.494 e. The summed E-state index contributed by atoms with van der Waals surface area (Å²) in [6, 6.07) is 16.5. The van der Waals surface area contributed by atoms with Crippen molar-refractivity contribution in [3.05, 3.63) is 72.3 Å². The number of halogens is 1.